The summed E-state index contributed by atoms with van der Waals surface area (Å²) < 4.78 is 21.4. The molecule has 8 nitrogen and oxygen atoms in total. The Hall–Kier alpha value is -3.20. The number of ether oxygens (including phenoxy) is 1. The number of morpholine rings is 1. The molecule has 1 aliphatic rings. The van der Waals surface area contributed by atoms with Gasteiger partial charge in [0.25, 0.3) is 0 Å². The lowest BCUT2D eigenvalue weighted by Crippen LogP contribution is -2.43. The summed E-state index contributed by atoms with van der Waals surface area (Å²) in [5.41, 5.74) is 1.79. The molecule has 1 saturated heterocycles. The molecule has 3 aromatic rings. The van der Waals surface area contributed by atoms with Crippen LogP contribution < -0.4 is 0 Å². The molecular weight excluding hydrogens is 387 g/mol. The van der Waals surface area contributed by atoms with Crippen LogP contribution in [-0.2, 0) is 16.1 Å². The van der Waals surface area contributed by atoms with Crippen molar-refractivity contribution in [1.29, 1.82) is 0 Å². The Morgan fingerprint density at radius 3 is 2.87 bits per heavy atom. The first-order valence-corrected chi connectivity index (χ1v) is 9.85. The summed E-state index contributed by atoms with van der Waals surface area (Å²) in [7, 11) is 0. The highest BCUT2D eigenvalue weighted by Crippen LogP contribution is 2.29. The summed E-state index contributed by atoms with van der Waals surface area (Å²) in [6, 6.07) is 6.22. The first-order valence-electron chi connectivity index (χ1n) is 9.85. The van der Waals surface area contributed by atoms with Crippen LogP contribution in [-0.4, -0.2) is 55.2 Å². The summed E-state index contributed by atoms with van der Waals surface area (Å²) in [4.78, 5) is 27.7. The van der Waals surface area contributed by atoms with Crippen LogP contribution in [0.5, 0.6) is 0 Å². The van der Waals surface area contributed by atoms with E-state index in [-0.39, 0.29) is 11.7 Å². The molecule has 0 aliphatic carbocycles. The second kappa shape index (κ2) is 8.66. The number of carbonyl (C=O) groups excluding carboxylic acids is 1. The summed E-state index contributed by atoms with van der Waals surface area (Å²) in [5, 5.41) is 4.30. The number of amides is 1. The van der Waals surface area contributed by atoms with Gasteiger partial charge in [-0.15, -0.1) is 0 Å². The maximum Gasteiger partial charge on any atom is 0.224 e. The second-order valence-corrected chi connectivity index (χ2v) is 7.18. The minimum absolute atomic E-state index is 0.0204. The van der Waals surface area contributed by atoms with Crippen LogP contribution in [0.4, 0.5) is 4.39 Å². The van der Waals surface area contributed by atoms with Gasteiger partial charge in [-0.25, -0.2) is 14.1 Å². The number of aryl methyl sites for hydroxylation is 3. The lowest BCUT2D eigenvalue weighted by Gasteiger charge is -2.33. The minimum atomic E-state index is -0.426. The van der Waals surface area contributed by atoms with E-state index < -0.39 is 6.10 Å². The fraction of sp³-hybridized carbons (Fsp3) is 0.381. The molecule has 1 aliphatic heterocycles. The molecule has 9 heteroatoms. The predicted octanol–water partition coefficient (Wildman–Crippen LogP) is 2.48. The van der Waals surface area contributed by atoms with Crippen LogP contribution in [0.25, 0.3) is 11.3 Å². The van der Waals surface area contributed by atoms with Gasteiger partial charge in [0, 0.05) is 30.9 Å². The summed E-state index contributed by atoms with van der Waals surface area (Å²) in [5.74, 6) is 1.16. The van der Waals surface area contributed by atoms with Gasteiger partial charge in [-0.05, 0) is 26.0 Å². The van der Waals surface area contributed by atoms with Crippen molar-refractivity contribution in [3.05, 3.63) is 59.8 Å². The Bertz CT molecular complexity index is 1050. The zero-order valence-electron chi connectivity index (χ0n) is 17.0. The molecule has 0 radical (unpaired) electrons. The van der Waals surface area contributed by atoms with Crippen LogP contribution >= 0.6 is 0 Å². The molecule has 0 spiro atoms. The predicted molar refractivity (Wildman–Crippen MR) is 107 cm³/mol. The Labute approximate surface area is 173 Å². The van der Waals surface area contributed by atoms with Crippen molar-refractivity contribution in [3.63, 3.8) is 0 Å². The SMILES string of the molecule is Cc1nc(C)n(CCC(=O)N2CCOC(c3nccnc3-c3cccc(F)c3)C2)n1. The normalized spacial score (nSPS) is 16.6. The number of hydrogen-bond acceptors (Lipinski definition) is 6. The van der Waals surface area contributed by atoms with Crippen molar-refractivity contribution in [2.45, 2.75) is 32.9 Å². The van der Waals surface area contributed by atoms with Gasteiger partial charge in [-0.1, -0.05) is 12.1 Å². The van der Waals surface area contributed by atoms with Crippen LogP contribution in [0.3, 0.4) is 0 Å². The fourth-order valence-electron chi connectivity index (χ4n) is 3.62. The van der Waals surface area contributed by atoms with E-state index in [4.69, 9.17) is 4.74 Å². The lowest BCUT2D eigenvalue weighted by molar-refractivity contribution is -0.139. The van der Waals surface area contributed by atoms with Crippen LogP contribution in [0.15, 0.2) is 36.7 Å². The van der Waals surface area contributed by atoms with Gasteiger partial charge in [-0.3, -0.25) is 14.8 Å². The number of rotatable bonds is 5. The Morgan fingerprint density at radius 2 is 2.10 bits per heavy atom. The van der Waals surface area contributed by atoms with E-state index in [1.807, 2.05) is 13.8 Å². The highest BCUT2D eigenvalue weighted by molar-refractivity contribution is 5.76. The Kier molecular flexibility index (Phi) is 5.80. The smallest absolute Gasteiger partial charge is 0.224 e. The third-order valence-corrected chi connectivity index (χ3v) is 5.05. The molecule has 156 valence electrons. The average molecular weight is 410 g/mol. The van der Waals surface area contributed by atoms with Crippen molar-refractivity contribution in [3.8, 4) is 11.3 Å². The molecule has 3 heterocycles. The number of nitrogens with zero attached hydrogens (tertiary/aromatic N) is 6. The third-order valence-electron chi connectivity index (χ3n) is 5.05. The maximum absolute atomic E-state index is 13.7. The molecule has 1 fully saturated rings. The molecule has 0 N–H and O–H groups in total. The average Bonchev–Trinajstić information content (AvgIpc) is 3.09. The van der Waals surface area contributed by atoms with Gasteiger partial charge in [-0.2, -0.15) is 5.10 Å². The number of halogens is 1. The van der Waals surface area contributed by atoms with E-state index in [9.17, 15) is 9.18 Å². The van der Waals surface area contributed by atoms with Crippen molar-refractivity contribution in [2.24, 2.45) is 0 Å². The summed E-state index contributed by atoms with van der Waals surface area (Å²) in [6.07, 6.45) is 3.05. The van der Waals surface area contributed by atoms with Gasteiger partial charge in [0.15, 0.2) is 0 Å². The number of carbonyl (C=O) groups is 1. The lowest BCUT2D eigenvalue weighted by atomic mass is 10.0. The first-order chi connectivity index (χ1) is 14.5. The van der Waals surface area contributed by atoms with Gasteiger partial charge in [0.1, 0.15) is 23.6 Å². The van der Waals surface area contributed by atoms with Gasteiger partial charge < -0.3 is 9.64 Å². The molecule has 0 bridgehead atoms. The quantitative estimate of drug-likeness (QED) is 0.642. The summed E-state index contributed by atoms with van der Waals surface area (Å²) in [6.45, 7) is 5.46. The van der Waals surface area contributed by atoms with Crippen LogP contribution in [0.2, 0.25) is 0 Å². The summed E-state index contributed by atoms with van der Waals surface area (Å²) >= 11 is 0. The molecule has 1 unspecified atom stereocenters. The van der Waals surface area contributed by atoms with Crippen LogP contribution in [0.1, 0.15) is 29.9 Å². The van der Waals surface area contributed by atoms with E-state index in [1.165, 1.54) is 12.1 Å². The Balaban J connectivity index is 1.48. The van der Waals surface area contributed by atoms with E-state index in [1.54, 1.807) is 34.1 Å². The minimum Gasteiger partial charge on any atom is -0.368 e. The molecule has 4 rings (SSSR count). The van der Waals surface area contributed by atoms with Crippen molar-refractivity contribution in [1.82, 2.24) is 29.6 Å². The van der Waals surface area contributed by atoms with Crippen molar-refractivity contribution < 1.29 is 13.9 Å². The first kappa shape index (κ1) is 20.1. The van der Waals surface area contributed by atoms with Gasteiger partial charge in [0.05, 0.1) is 31.1 Å². The third kappa shape index (κ3) is 4.35. The van der Waals surface area contributed by atoms with E-state index >= 15 is 0 Å². The van der Waals surface area contributed by atoms with Gasteiger partial charge in [0.2, 0.25) is 5.91 Å². The molecule has 1 amide bonds. The molecule has 1 atom stereocenters. The number of benzene rings is 1. The highest BCUT2D eigenvalue weighted by Gasteiger charge is 2.28. The number of hydrogen-bond donors (Lipinski definition) is 0. The maximum atomic E-state index is 13.7. The number of aromatic nitrogens is 5. The molecular formula is C21H23FN6O2. The van der Waals surface area contributed by atoms with Crippen molar-refractivity contribution in [2.75, 3.05) is 19.7 Å². The van der Waals surface area contributed by atoms with Gasteiger partial charge >= 0.3 is 0 Å². The zero-order valence-corrected chi connectivity index (χ0v) is 17.0. The zero-order chi connectivity index (χ0) is 21.1. The monoisotopic (exact) mass is 410 g/mol. The largest absolute Gasteiger partial charge is 0.368 e. The van der Waals surface area contributed by atoms with Crippen LogP contribution in [0, 0.1) is 19.7 Å². The molecule has 0 saturated carbocycles. The van der Waals surface area contributed by atoms with Crippen molar-refractivity contribution >= 4 is 5.91 Å². The standard InChI is InChI=1S/C21H23FN6O2/c1-14-25-15(2)28(26-14)9-6-19(29)27-10-11-30-18(13-27)21-20(23-7-8-24-21)16-4-3-5-17(22)12-16/h3-5,7-8,12,18H,6,9-11,13H2,1-2H3. The molecule has 30 heavy (non-hydrogen) atoms. The highest BCUT2D eigenvalue weighted by atomic mass is 19.1. The molecule has 1 aromatic carbocycles. The van der Waals surface area contributed by atoms with E-state index in [2.05, 4.69) is 20.1 Å². The topological polar surface area (TPSA) is 86.0 Å². The van der Waals surface area contributed by atoms with E-state index in [0.29, 0.717) is 55.4 Å². The fourth-order valence-corrected chi connectivity index (χ4v) is 3.62. The second-order valence-electron chi connectivity index (χ2n) is 7.18. The van der Waals surface area contributed by atoms with E-state index in [0.717, 1.165) is 5.82 Å². The Morgan fingerprint density at radius 1 is 1.27 bits per heavy atom. The molecule has 2 aromatic heterocycles.